The molecule has 1 aliphatic rings. The van der Waals surface area contributed by atoms with Crippen LogP contribution in [0.25, 0.3) is 0 Å². The van der Waals surface area contributed by atoms with Crippen molar-refractivity contribution in [1.29, 1.82) is 0 Å². The Balaban J connectivity index is 2.46. The zero-order valence-electron chi connectivity index (χ0n) is 10.4. The van der Waals surface area contributed by atoms with E-state index >= 15 is 0 Å². The third kappa shape index (κ3) is 3.27. The van der Waals surface area contributed by atoms with Crippen LogP contribution in [0.1, 0.15) is 53.9 Å². The molecule has 1 heteroatoms. The monoisotopic (exact) mass is 198 g/mol. The van der Waals surface area contributed by atoms with Crippen molar-refractivity contribution in [3.8, 4) is 0 Å². The maximum absolute atomic E-state index is 5.98. The van der Waals surface area contributed by atoms with E-state index in [0.29, 0.717) is 12.2 Å². The first-order chi connectivity index (χ1) is 6.50. The summed E-state index contributed by atoms with van der Waals surface area (Å²) in [5, 5.41) is 0. The van der Waals surface area contributed by atoms with E-state index in [1.165, 1.54) is 19.3 Å². The van der Waals surface area contributed by atoms with Gasteiger partial charge in [-0.25, -0.2) is 0 Å². The Hall–Kier alpha value is -0.0400. The van der Waals surface area contributed by atoms with Crippen molar-refractivity contribution in [1.82, 2.24) is 0 Å². The highest BCUT2D eigenvalue weighted by atomic mass is 16.5. The van der Waals surface area contributed by atoms with Crippen molar-refractivity contribution in [3.05, 3.63) is 0 Å². The fourth-order valence-corrected chi connectivity index (χ4v) is 2.46. The van der Waals surface area contributed by atoms with E-state index in [2.05, 4.69) is 34.6 Å². The highest BCUT2D eigenvalue weighted by Crippen LogP contribution is 2.35. The number of hydrogen-bond acceptors (Lipinski definition) is 1. The summed E-state index contributed by atoms with van der Waals surface area (Å²) >= 11 is 0. The molecule has 84 valence electrons. The predicted octanol–water partition coefficient (Wildman–Crippen LogP) is 3.87. The number of hydrogen-bond donors (Lipinski definition) is 0. The molecule has 0 heterocycles. The lowest BCUT2D eigenvalue weighted by Crippen LogP contribution is -2.33. The fraction of sp³-hybridized carbons (Fsp3) is 1.00. The fourth-order valence-electron chi connectivity index (χ4n) is 2.46. The maximum Gasteiger partial charge on any atom is 0.0606 e. The van der Waals surface area contributed by atoms with Crippen molar-refractivity contribution in [3.63, 3.8) is 0 Å². The van der Waals surface area contributed by atoms with Crippen LogP contribution < -0.4 is 0 Å². The largest absolute Gasteiger partial charge is 0.375 e. The van der Waals surface area contributed by atoms with Crippen LogP contribution in [0.15, 0.2) is 0 Å². The molecule has 1 fully saturated rings. The van der Waals surface area contributed by atoms with E-state index in [1.807, 2.05) is 0 Å². The molecule has 14 heavy (non-hydrogen) atoms. The van der Waals surface area contributed by atoms with Gasteiger partial charge in [0.25, 0.3) is 0 Å². The maximum atomic E-state index is 5.98. The molecular weight excluding hydrogens is 172 g/mol. The molecule has 0 aliphatic heterocycles. The van der Waals surface area contributed by atoms with Gasteiger partial charge in [0.1, 0.15) is 0 Å². The van der Waals surface area contributed by atoms with Crippen molar-refractivity contribution in [2.45, 2.75) is 66.1 Å². The van der Waals surface area contributed by atoms with Gasteiger partial charge < -0.3 is 4.74 Å². The molecule has 3 atom stereocenters. The second-order valence-electron chi connectivity index (χ2n) is 5.52. The summed E-state index contributed by atoms with van der Waals surface area (Å²) < 4.78 is 5.98. The zero-order chi connectivity index (χ0) is 10.7. The van der Waals surface area contributed by atoms with Crippen LogP contribution in [0.4, 0.5) is 0 Å². The van der Waals surface area contributed by atoms with Crippen LogP contribution >= 0.6 is 0 Å². The second kappa shape index (κ2) is 5.16. The SMILES string of the molecule is CC(C)OC1CC(C(C)C)CCC1C. The van der Waals surface area contributed by atoms with Gasteiger partial charge in [-0.1, -0.05) is 20.8 Å². The Morgan fingerprint density at radius 1 is 1.07 bits per heavy atom. The third-order valence-corrected chi connectivity index (χ3v) is 3.55. The summed E-state index contributed by atoms with van der Waals surface area (Å²) in [6, 6.07) is 0. The first-order valence-corrected chi connectivity index (χ1v) is 6.16. The van der Waals surface area contributed by atoms with Crippen LogP contribution in [-0.4, -0.2) is 12.2 Å². The van der Waals surface area contributed by atoms with Crippen LogP contribution in [0.3, 0.4) is 0 Å². The Morgan fingerprint density at radius 2 is 1.71 bits per heavy atom. The molecule has 1 rings (SSSR count). The van der Waals surface area contributed by atoms with Crippen LogP contribution in [0.5, 0.6) is 0 Å². The lowest BCUT2D eigenvalue weighted by atomic mass is 9.76. The average Bonchev–Trinajstić information content (AvgIpc) is 2.07. The molecule has 1 saturated carbocycles. The minimum absolute atomic E-state index is 0.383. The molecule has 0 amide bonds. The van der Waals surface area contributed by atoms with Crippen molar-refractivity contribution >= 4 is 0 Å². The van der Waals surface area contributed by atoms with Gasteiger partial charge in [0.15, 0.2) is 0 Å². The van der Waals surface area contributed by atoms with Gasteiger partial charge in [0.05, 0.1) is 12.2 Å². The third-order valence-electron chi connectivity index (χ3n) is 3.55. The first-order valence-electron chi connectivity index (χ1n) is 6.16. The normalized spacial score (nSPS) is 34.1. The molecule has 0 N–H and O–H groups in total. The van der Waals surface area contributed by atoms with Crippen molar-refractivity contribution < 1.29 is 4.74 Å². The Bertz CT molecular complexity index is 163. The van der Waals surface area contributed by atoms with Crippen molar-refractivity contribution in [2.75, 3.05) is 0 Å². The van der Waals surface area contributed by atoms with Gasteiger partial charge in [-0.2, -0.15) is 0 Å². The van der Waals surface area contributed by atoms with E-state index in [1.54, 1.807) is 0 Å². The lowest BCUT2D eigenvalue weighted by Gasteiger charge is -2.37. The Kier molecular flexibility index (Phi) is 4.43. The summed E-state index contributed by atoms with van der Waals surface area (Å²) in [4.78, 5) is 0. The van der Waals surface area contributed by atoms with Crippen molar-refractivity contribution in [2.24, 2.45) is 17.8 Å². The van der Waals surface area contributed by atoms with Gasteiger partial charge in [0.2, 0.25) is 0 Å². The topological polar surface area (TPSA) is 9.23 Å². The molecule has 0 aromatic rings. The van der Waals surface area contributed by atoms with E-state index in [4.69, 9.17) is 4.74 Å². The molecule has 0 saturated heterocycles. The first kappa shape index (κ1) is 12.0. The number of ether oxygens (including phenoxy) is 1. The summed E-state index contributed by atoms with van der Waals surface area (Å²) in [6.45, 7) is 11.3. The minimum Gasteiger partial charge on any atom is -0.375 e. The van der Waals surface area contributed by atoms with E-state index < -0.39 is 0 Å². The highest BCUT2D eigenvalue weighted by Gasteiger charge is 2.30. The molecule has 0 spiro atoms. The predicted molar refractivity (Wildman–Crippen MR) is 61.4 cm³/mol. The smallest absolute Gasteiger partial charge is 0.0606 e. The van der Waals surface area contributed by atoms with Gasteiger partial charge in [-0.3, -0.25) is 0 Å². The molecule has 3 unspecified atom stereocenters. The second-order valence-corrected chi connectivity index (χ2v) is 5.52. The molecule has 0 radical (unpaired) electrons. The van der Waals surface area contributed by atoms with Gasteiger partial charge in [0, 0.05) is 0 Å². The van der Waals surface area contributed by atoms with Gasteiger partial charge in [-0.05, 0) is 50.9 Å². The standard InChI is InChI=1S/C13H26O/c1-9(2)12-7-6-11(5)13(8-12)14-10(3)4/h9-13H,6-8H2,1-5H3. The molecular formula is C13H26O. The van der Waals surface area contributed by atoms with Gasteiger partial charge in [-0.15, -0.1) is 0 Å². The molecule has 1 aliphatic carbocycles. The van der Waals surface area contributed by atoms with E-state index in [-0.39, 0.29) is 0 Å². The zero-order valence-corrected chi connectivity index (χ0v) is 10.4. The highest BCUT2D eigenvalue weighted by molar-refractivity contribution is 4.80. The minimum atomic E-state index is 0.383. The number of rotatable bonds is 3. The summed E-state index contributed by atoms with van der Waals surface area (Å²) in [6.07, 6.45) is 4.91. The van der Waals surface area contributed by atoms with E-state index in [0.717, 1.165) is 17.8 Å². The van der Waals surface area contributed by atoms with Crippen LogP contribution in [-0.2, 0) is 4.74 Å². The van der Waals surface area contributed by atoms with E-state index in [9.17, 15) is 0 Å². The molecule has 0 bridgehead atoms. The molecule has 1 nitrogen and oxygen atoms in total. The Morgan fingerprint density at radius 3 is 2.21 bits per heavy atom. The average molecular weight is 198 g/mol. The quantitative estimate of drug-likeness (QED) is 0.669. The molecule has 0 aromatic carbocycles. The Labute approximate surface area is 89.2 Å². The summed E-state index contributed by atoms with van der Waals surface area (Å²) in [5.74, 6) is 2.46. The molecule has 0 aromatic heterocycles. The van der Waals surface area contributed by atoms with Crippen LogP contribution in [0.2, 0.25) is 0 Å². The summed E-state index contributed by atoms with van der Waals surface area (Å²) in [7, 11) is 0. The van der Waals surface area contributed by atoms with Crippen LogP contribution in [0, 0.1) is 17.8 Å². The van der Waals surface area contributed by atoms with Gasteiger partial charge >= 0.3 is 0 Å². The summed E-state index contributed by atoms with van der Waals surface area (Å²) in [5.41, 5.74) is 0. The lowest BCUT2D eigenvalue weighted by molar-refractivity contribution is -0.0574.